The van der Waals surface area contributed by atoms with E-state index >= 15 is 0 Å². The van der Waals surface area contributed by atoms with Crippen LogP contribution in [0.4, 0.5) is 5.69 Å². The van der Waals surface area contributed by atoms with E-state index in [1.165, 1.54) is 0 Å². The molecule has 1 aromatic heterocycles. The summed E-state index contributed by atoms with van der Waals surface area (Å²) in [4.78, 5) is 18.2. The Morgan fingerprint density at radius 2 is 2.21 bits per heavy atom. The number of carbonyl (C=O) groups excluding carboxylic acids is 1. The number of phenolic OH excluding ortho intramolecular Hbond substituents is 1. The van der Waals surface area contributed by atoms with Gasteiger partial charge in [0.05, 0.1) is 17.8 Å². The molecule has 6 heteroatoms. The quantitative estimate of drug-likeness (QED) is 0.586. The number of phenols is 1. The first-order chi connectivity index (χ1) is 9.16. The number of amides is 1. The van der Waals surface area contributed by atoms with Crippen molar-refractivity contribution in [1.29, 1.82) is 0 Å². The van der Waals surface area contributed by atoms with Crippen molar-refractivity contribution in [2.75, 3.05) is 12.3 Å². The van der Waals surface area contributed by atoms with Crippen molar-refractivity contribution in [1.82, 2.24) is 14.5 Å². The third-order valence-corrected chi connectivity index (χ3v) is 3.33. The standard InChI is InChI=1S/C13H14N4O2/c14-10-3-1-2-9(12(10)18)13(19)17-7-6-16-5-4-15-11(16)8-17/h1-5,18H,6-8,14H2. The summed E-state index contributed by atoms with van der Waals surface area (Å²) < 4.78 is 2.02. The molecule has 2 heterocycles. The zero-order valence-corrected chi connectivity index (χ0v) is 10.3. The molecule has 1 aromatic carbocycles. The topological polar surface area (TPSA) is 84.4 Å². The molecule has 0 bridgehead atoms. The van der Waals surface area contributed by atoms with Gasteiger partial charge in [0.15, 0.2) is 5.75 Å². The van der Waals surface area contributed by atoms with Gasteiger partial charge in [0, 0.05) is 25.5 Å². The predicted octanol–water partition coefficient (Wildman–Crippen LogP) is 0.827. The molecule has 1 amide bonds. The zero-order valence-electron chi connectivity index (χ0n) is 10.3. The second-order valence-corrected chi connectivity index (χ2v) is 4.51. The largest absolute Gasteiger partial charge is 0.505 e. The van der Waals surface area contributed by atoms with Crippen LogP contribution in [0, 0.1) is 0 Å². The number of rotatable bonds is 1. The van der Waals surface area contributed by atoms with Gasteiger partial charge in [0.2, 0.25) is 0 Å². The minimum atomic E-state index is -0.223. The van der Waals surface area contributed by atoms with Crippen LogP contribution in [0.3, 0.4) is 0 Å². The van der Waals surface area contributed by atoms with Crippen LogP contribution in [-0.4, -0.2) is 32.0 Å². The molecule has 0 unspecified atom stereocenters. The van der Waals surface area contributed by atoms with E-state index in [1.54, 1.807) is 29.3 Å². The molecule has 1 aliphatic heterocycles. The molecule has 0 aliphatic carbocycles. The third kappa shape index (κ3) is 1.91. The molecule has 0 spiro atoms. The van der Waals surface area contributed by atoms with Crippen LogP contribution < -0.4 is 5.73 Å². The molecule has 0 saturated heterocycles. The van der Waals surface area contributed by atoms with Crippen molar-refractivity contribution in [3.8, 4) is 5.75 Å². The highest BCUT2D eigenvalue weighted by atomic mass is 16.3. The molecule has 0 radical (unpaired) electrons. The number of aromatic hydroxyl groups is 1. The number of nitrogens with zero attached hydrogens (tertiary/aromatic N) is 3. The van der Waals surface area contributed by atoms with E-state index in [2.05, 4.69) is 4.98 Å². The molecule has 0 atom stereocenters. The Hall–Kier alpha value is -2.50. The fourth-order valence-corrected chi connectivity index (χ4v) is 2.25. The molecule has 1 aliphatic rings. The van der Waals surface area contributed by atoms with E-state index in [9.17, 15) is 9.90 Å². The highest BCUT2D eigenvalue weighted by molar-refractivity contribution is 5.98. The SMILES string of the molecule is Nc1cccc(C(=O)N2CCn3ccnc3C2)c1O. The zero-order chi connectivity index (χ0) is 13.4. The van der Waals surface area contributed by atoms with Gasteiger partial charge in [-0.2, -0.15) is 0 Å². The summed E-state index contributed by atoms with van der Waals surface area (Å²) in [6, 6.07) is 4.80. The van der Waals surface area contributed by atoms with Gasteiger partial charge in [-0.3, -0.25) is 4.79 Å². The van der Waals surface area contributed by atoms with Crippen LogP contribution >= 0.6 is 0 Å². The van der Waals surface area contributed by atoms with Crippen molar-refractivity contribution >= 4 is 11.6 Å². The van der Waals surface area contributed by atoms with E-state index in [-0.39, 0.29) is 22.9 Å². The lowest BCUT2D eigenvalue weighted by Gasteiger charge is -2.28. The van der Waals surface area contributed by atoms with E-state index in [1.807, 2.05) is 10.8 Å². The van der Waals surface area contributed by atoms with Gasteiger partial charge in [-0.05, 0) is 12.1 Å². The maximum atomic E-state index is 12.4. The van der Waals surface area contributed by atoms with E-state index in [0.717, 1.165) is 5.82 Å². The third-order valence-electron chi connectivity index (χ3n) is 3.33. The summed E-state index contributed by atoms with van der Waals surface area (Å²) in [7, 11) is 0. The second-order valence-electron chi connectivity index (χ2n) is 4.51. The van der Waals surface area contributed by atoms with Crippen molar-refractivity contribution in [2.24, 2.45) is 0 Å². The number of hydrogen-bond acceptors (Lipinski definition) is 4. The van der Waals surface area contributed by atoms with Gasteiger partial charge in [-0.25, -0.2) is 4.98 Å². The first-order valence-electron chi connectivity index (χ1n) is 6.03. The first kappa shape index (κ1) is 11.6. The highest BCUT2D eigenvalue weighted by Crippen LogP contribution is 2.26. The molecule has 3 N–H and O–H groups in total. The van der Waals surface area contributed by atoms with Gasteiger partial charge in [-0.15, -0.1) is 0 Å². The lowest BCUT2D eigenvalue weighted by molar-refractivity contribution is 0.0704. The van der Waals surface area contributed by atoms with E-state index in [4.69, 9.17) is 5.73 Å². The molecule has 6 nitrogen and oxygen atoms in total. The van der Waals surface area contributed by atoms with E-state index in [0.29, 0.717) is 19.6 Å². The van der Waals surface area contributed by atoms with Crippen molar-refractivity contribution in [3.05, 3.63) is 42.0 Å². The van der Waals surface area contributed by atoms with Crippen LogP contribution in [0.5, 0.6) is 5.75 Å². The second kappa shape index (κ2) is 4.31. The fraction of sp³-hybridized carbons (Fsp3) is 0.231. The van der Waals surface area contributed by atoms with Gasteiger partial charge in [0.1, 0.15) is 5.82 Å². The van der Waals surface area contributed by atoms with Crippen LogP contribution in [-0.2, 0) is 13.1 Å². The Labute approximate surface area is 110 Å². The normalized spacial score (nSPS) is 14.2. The number of carbonyl (C=O) groups is 1. The van der Waals surface area contributed by atoms with Crippen molar-refractivity contribution < 1.29 is 9.90 Å². The van der Waals surface area contributed by atoms with Gasteiger partial charge >= 0.3 is 0 Å². The summed E-state index contributed by atoms with van der Waals surface area (Å²) in [5.41, 5.74) is 6.06. The van der Waals surface area contributed by atoms with Crippen LogP contribution in [0.15, 0.2) is 30.6 Å². The number of nitrogen functional groups attached to an aromatic ring is 1. The molecule has 98 valence electrons. The molecular weight excluding hydrogens is 244 g/mol. The number of anilines is 1. The summed E-state index contributed by atoms with van der Waals surface area (Å²) in [6.45, 7) is 1.75. The number of aromatic nitrogens is 2. The number of para-hydroxylation sites is 1. The van der Waals surface area contributed by atoms with Crippen molar-refractivity contribution in [3.63, 3.8) is 0 Å². The average molecular weight is 258 g/mol. The molecule has 0 saturated carbocycles. The minimum Gasteiger partial charge on any atom is -0.505 e. The lowest BCUT2D eigenvalue weighted by atomic mass is 10.1. The predicted molar refractivity (Wildman–Crippen MR) is 69.5 cm³/mol. The van der Waals surface area contributed by atoms with Gasteiger partial charge in [-0.1, -0.05) is 6.07 Å². The Balaban J connectivity index is 1.88. The van der Waals surface area contributed by atoms with Crippen LogP contribution in [0.1, 0.15) is 16.2 Å². The number of benzene rings is 1. The lowest BCUT2D eigenvalue weighted by Crippen LogP contribution is -2.38. The summed E-state index contributed by atoms with van der Waals surface area (Å²) in [5, 5.41) is 9.86. The highest BCUT2D eigenvalue weighted by Gasteiger charge is 2.24. The Kier molecular flexibility index (Phi) is 2.63. The maximum absolute atomic E-state index is 12.4. The number of imidazole rings is 1. The minimum absolute atomic E-state index is 0.151. The van der Waals surface area contributed by atoms with Crippen LogP contribution in [0.25, 0.3) is 0 Å². The smallest absolute Gasteiger partial charge is 0.258 e. The van der Waals surface area contributed by atoms with Crippen molar-refractivity contribution in [2.45, 2.75) is 13.1 Å². The Bertz CT molecular complexity index is 635. The van der Waals surface area contributed by atoms with Gasteiger partial charge in [0.25, 0.3) is 5.91 Å². The summed E-state index contributed by atoms with van der Waals surface area (Å²) in [6.07, 6.45) is 3.62. The summed E-state index contributed by atoms with van der Waals surface area (Å²) >= 11 is 0. The monoisotopic (exact) mass is 258 g/mol. The molecule has 19 heavy (non-hydrogen) atoms. The maximum Gasteiger partial charge on any atom is 0.258 e. The van der Waals surface area contributed by atoms with E-state index < -0.39 is 0 Å². The molecule has 2 aromatic rings. The van der Waals surface area contributed by atoms with Crippen LogP contribution in [0.2, 0.25) is 0 Å². The van der Waals surface area contributed by atoms with Gasteiger partial charge < -0.3 is 20.3 Å². The molecule has 0 fully saturated rings. The Morgan fingerprint density at radius 3 is 3.05 bits per heavy atom. The molecule has 3 rings (SSSR count). The summed E-state index contributed by atoms with van der Waals surface area (Å²) in [5.74, 6) is 0.475. The first-order valence-corrected chi connectivity index (χ1v) is 6.03. The Morgan fingerprint density at radius 1 is 1.37 bits per heavy atom. The average Bonchev–Trinajstić information content (AvgIpc) is 2.88. The number of hydrogen-bond donors (Lipinski definition) is 2. The number of nitrogens with two attached hydrogens (primary N) is 1. The molecular formula is C13H14N4O2. The fourth-order valence-electron chi connectivity index (χ4n) is 2.25. The number of fused-ring (bicyclic) bond motifs is 1.